The minimum atomic E-state index is 0.619. The van der Waals surface area contributed by atoms with Crippen LogP contribution in [0.3, 0.4) is 0 Å². The van der Waals surface area contributed by atoms with Crippen molar-refractivity contribution in [2.45, 2.75) is 50.8 Å². The number of aromatic nitrogens is 1. The molecule has 1 aromatic heterocycles. The van der Waals surface area contributed by atoms with Gasteiger partial charge in [0.2, 0.25) is 0 Å². The van der Waals surface area contributed by atoms with E-state index in [0.29, 0.717) is 6.04 Å². The fraction of sp³-hybridized carbons (Fsp3) is 0.769. The summed E-state index contributed by atoms with van der Waals surface area (Å²) >= 11 is 3.95. The topological polar surface area (TPSA) is 24.9 Å². The Kier molecular flexibility index (Phi) is 5.32. The van der Waals surface area contributed by atoms with Crippen molar-refractivity contribution in [1.82, 2.24) is 10.3 Å². The van der Waals surface area contributed by atoms with Gasteiger partial charge in [0.15, 0.2) is 0 Å². The Morgan fingerprint density at radius 3 is 3.06 bits per heavy atom. The van der Waals surface area contributed by atoms with Gasteiger partial charge in [-0.05, 0) is 38.5 Å². The first-order valence-electron chi connectivity index (χ1n) is 6.55. The smallest absolute Gasteiger partial charge is 0.0944 e. The molecule has 0 amide bonds. The van der Waals surface area contributed by atoms with E-state index in [4.69, 9.17) is 0 Å². The molecular formula is C13H22N2S2. The average molecular weight is 270 g/mol. The molecule has 2 heterocycles. The minimum absolute atomic E-state index is 0.619. The molecule has 1 saturated heterocycles. The maximum absolute atomic E-state index is 4.60. The number of nitrogens with one attached hydrogen (secondary N) is 1. The fourth-order valence-electron chi connectivity index (χ4n) is 2.27. The Morgan fingerprint density at radius 2 is 2.47 bits per heavy atom. The zero-order valence-corrected chi connectivity index (χ0v) is 12.4. The van der Waals surface area contributed by atoms with E-state index >= 15 is 0 Å². The zero-order chi connectivity index (χ0) is 12.1. The normalized spacial score (nSPS) is 21.9. The van der Waals surface area contributed by atoms with Gasteiger partial charge in [-0.25, -0.2) is 4.98 Å². The summed E-state index contributed by atoms with van der Waals surface area (Å²) in [5.74, 6) is 1.34. The molecule has 2 atom stereocenters. The van der Waals surface area contributed by atoms with Gasteiger partial charge < -0.3 is 5.32 Å². The standard InChI is InChI=1S/C13H22N2S2/c1-3-6-14-11(12-5-4-7-16-12)8-13-15-10(2)9-17-13/h9,11-12,14H,3-8H2,1-2H3. The number of thiazole rings is 1. The van der Waals surface area contributed by atoms with Crippen LogP contribution in [0, 0.1) is 6.92 Å². The van der Waals surface area contributed by atoms with Gasteiger partial charge >= 0.3 is 0 Å². The predicted molar refractivity (Wildman–Crippen MR) is 78.1 cm³/mol. The number of nitrogens with zero attached hydrogens (tertiary/aromatic N) is 1. The second-order valence-electron chi connectivity index (χ2n) is 4.70. The third-order valence-corrected chi connectivity index (χ3v) is 5.64. The molecule has 2 nitrogen and oxygen atoms in total. The summed E-state index contributed by atoms with van der Waals surface area (Å²) in [6.45, 7) is 5.45. The summed E-state index contributed by atoms with van der Waals surface area (Å²) in [5, 5.41) is 7.97. The van der Waals surface area contributed by atoms with Gasteiger partial charge in [-0.2, -0.15) is 11.8 Å². The van der Waals surface area contributed by atoms with Crippen LogP contribution in [0.5, 0.6) is 0 Å². The van der Waals surface area contributed by atoms with Crippen molar-refractivity contribution >= 4 is 23.1 Å². The molecule has 0 saturated carbocycles. The van der Waals surface area contributed by atoms with Crippen molar-refractivity contribution in [1.29, 1.82) is 0 Å². The molecule has 1 aliphatic heterocycles. The van der Waals surface area contributed by atoms with Crippen LogP contribution in [0.2, 0.25) is 0 Å². The first-order chi connectivity index (χ1) is 8.29. The third kappa shape index (κ3) is 3.97. The lowest BCUT2D eigenvalue weighted by atomic mass is 10.1. The van der Waals surface area contributed by atoms with Crippen molar-refractivity contribution < 1.29 is 0 Å². The lowest BCUT2D eigenvalue weighted by Crippen LogP contribution is -2.39. The van der Waals surface area contributed by atoms with Crippen LogP contribution in [-0.2, 0) is 6.42 Å². The molecule has 0 bridgehead atoms. The molecule has 1 N–H and O–H groups in total. The monoisotopic (exact) mass is 270 g/mol. The van der Waals surface area contributed by atoms with E-state index in [1.165, 1.54) is 35.7 Å². The van der Waals surface area contributed by atoms with E-state index in [9.17, 15) is 0 Å². The third-order valence-electron chi connectivity index (χ3n) is 3.13. The summed E-state index contributed by atoms with van der Waals surface area (Å²) in [4.78, 5) is 4.60. The molecule has 4 heteroatoms. The Labute approximate surface area is 113 Å². The summed E-state index contributed by atoms with van der Waals surface area (Å²) in [6.07, 6.45) is 5.08. The van der Waals surface area contributed by atoms with E-state index in [2.05, 4.69) is 41.3 Å². The van der Waals surface area contributed by atoms with Gasteiger partial charge in [0.05, 0.1) is 5.01 Å². The summed E-state index contributed by atoms with van der Waals surface area (Å²) in [6, 6.07) is 0.619. The summed E-state index contributed by atoms with van der Waals surface area (Å²) in [5.41, 5.74) is 1.17. The van der Waals surface area contributed by atoms with Crippen molar-refractivity contribution in [3.63, 3.8) is 0 Å². The lowest BCUT2D eigenvalue weighted by Gasteiger charge is -2.23. The van der Waals surface area contributed by atoms with Crippen LogP contribution in [0.15, 0.2) is 5.38 Å². The molecule has 2 rings (SSSR count). The Balaban J connectivity index is 1.94. The first kappa shape index (κ1) is 13.4. The molecule has 1 aromatic rings. The number of thioether (sulfide) groups is 1. The van der Waals surface area contributed by atoms with E-state index in [1.807, 2.05) is 11.3 Å². The van der Waals surface area contributed by atoms with Gasteiger partial charge in [-0.1, -0.05) is 6.92 Å². The largest absolute Gasteiger partial charge is 0.312 e. The quantitative estimate of drug-likeness (QED) is 0.859. The first-order valence-corrected chi connectivity index (χ1v) is 8.48. The average Bonchev–Trinajstić information content (AvgIpc) is 2.95. The number of hydrogen-bond acceptors (Lipinski definition) is 4. The molecule has 17 heavy (non-hydrogen) atoms. The molecule has 0 aliphatic carbocycles. The van der Waals surface area contributed by atoms with Crippen molar-refractivity contribution in [2.75, 3.05) is 12.3 Å². The molecule has 2 unspecified atom stereocenters. The van der Waals surface area contributed by atoms with Crippen molar-refractivity contribution in [2.24, 2.45) is 0 Å². The van der Waals surface area contributed by atoms with Crippen molar-refractivity contribution in [3.05, 3.63) is 16.1 Å². The number of aryl methyl sites for hydroxylation is 1. The molecular weight excluding hydrogens is 248 g/mol. The second kappa shape index (κ2) is 6.76. The summed E-state index contributed by atoms with van der Waals surface area (Å²) in [7, 11) is 0. The Hall–Kier alpha value is -0.0600. The Morgan fingerprint density at radius 1 is 1.59 bits per heavy atom. The molecule has 1 fully saturated rings. The minimum Gasteiger partial charge on any atom is -0.312 e. The molecule has 1 aliphatic rings. The van der Waals surface area contributed by atoms with E-state index in [1.54, 1.807) is 0 Å². The molecule has 0 radical (unpaired) electrons. The van der Waals surface area contributed by atoms with Gasteiger partial charge in [0.1, 0.15) is 0 Å². The second-order valence-corrected chi connectivity index (χ2v) is 6.99. The van der Waals surface area contributed by atoms with E-state index in [-0.39, 0.29) is 0 Å². The lowest BCUT2D eigenvalue weighted by molar-refractivity contribution is 0.481. The Bertz CT molecular complexity index is 332. The number of rotatable bonds is 6. The van der Waals surface area contributed by atoms with E-state index in [0.717, 1.165) is 18.2 Å². The molecule has 0 aromatic carbocycles. The SMILES string of the molecule is CCCNC(Cc1nc(C)cs1)C1CCCS1. The van der Waals surface area contributed by atoms with Gasteiger partial charge in [-0.3, -0.25) is 0 Å². The van der Waals surface area contributed by atoms with Crippen LogP contribution in [-0.4, -0.2) is 28.6 Å². The molecule has 96 valence electrons. The van der Waals surface area contributed by atoms with E-state index < -0.39 is 0 Å². The van der Waals surface area contributed by atoms with Crippen LogP contribution in [0.1, 0.15) is 36.9 Å². The van der Waals surface area contributed by atoms with Crippen molar-refractivity contribution in [3.8, 4) is 0 Å². The maximum Gasteiger partial charge on any atom is 0.0944 e. The highest BCUT2D eigenvalue weighted by molar-refractivity contribution is 8.00. The van der Waals surface area contributed by atoms with Gasteiger partial charge in [0.25, 0.3) is 0 Å². The van der Waals surface area contributed by atoms with Gasteiger partial charge in [-0.15, -0.1) is 11.3 Å². The summed E-state index contributed by atoms with van der Waals surface area (Å²) < 4.78 is 0. The van der Waals surface area contributed by atoms with Crippen LogP contribution < -0.4 is 5.32 Å². The highest BCUT2D eigenvalue weighted by atomic mass is 32.2. The highest BCUT2D eigenvalue weighted by Gasteiger charge is 2.25. The predicted octanol–water partition coefficient (Wildman–Crippen LogP) is 3.26. The fourth-order valence-corrected chi connectivity index (χ4v) is 4.50. The van der Waals surface area contributed by atoms with Crippen LogP contribution >= 0.6 is 23.1 Å². The molecule has 0 spiro atoms. The highest BCUT2D eigenvalue weighted by Crippen LogP contribution is 2.30. The van der Waals surface area contributed by atoms with Crippen LogP contribution in [0.25, 0.3) is 0 Å². The number of hydrogen-bond donors (Lipinski definition) is 1. The van der Waals surface area contributed by atoms with Gasteiger partial charge in [0, 0.05) is 28.8 Å². The zero-order valence-electron chi connectivity index (χ0n) is 10.7. The van der Waals surface area contributed by atoms with Crippen LogP contribution in [0.4, 0.5) is 0 Å². The maximum atomic E-state index is 4.60.